The molecular weight excluding hydrogens is 321 g/mol. The molecule has 0 aliphatic heterocycles. The normalized spacial score (nSPS) is 23.8. The van der Waals surface area contributed by atoms with Crippen LogP contribution in [0.15, 0.2) is 18.2 Å². The highest BCUT2D eigenvalue weighted by atomic mass is 35.5. The van der Waals surface area contributed by atoms with E-state index in [4.69, 9.17) is 23.2 Å². The van der Waals surface area contributed by atoms with Crippen molar-refractivity contribution in [1.82, 2.24) is 4.72 Å². The molecule has 2 rings (SSSR count). The van der Waals surface area contributed by atoms with Crippen LogP contribution in [-0.2, 0) is 15.8 Å². The van der Waals surface area contributed by atoms with Gasteiger partial charge in [0.25, 0.3) is 0 Å². The van der Waals surface area contributed by atoms with Crippen molar-refractivity contribution >= 4 is 33.2 Å². The number of halogens is 2. The molecule has 0 bridgehead atoms. The lowest BCUT2D eigenvalue weighted by molar-refractivity contribution is 0.101. The molecule has 112 valence electrons. The number of rotatable bonds is 4. The van der Waals surface area contributed by atoms with Crippen molar-refractivity contribution < 1.29 is 13.5 Å². The fraction of sp³-hybridized carbons (Fsp3) is 0.538. The maximum Gasteiger partial charge on any atom is 0.216 e. The quantitative estimate of drug-likeness (QED) is 0.887. The van der Waals surface area contributed by atoms with Crippen LogP contribution in [0.4, 0.5) is 0 Å². The van der Waals surface area contributed by atoms with Crippen molar-refractivity contribution in [3.63, 3.8) is 0 Å². The van der Waals surface area contributed by atoms with Crippen LogP contribution in [-0.4, -0.2) is 25.7 Å². The van der Waals surface area contributed by atoms with Crippen molar-refractivity contribution in [2.45, 2.75) is 43.6 Å². The molecule has 20 heavy (non-hydrogen) atoms. The Morgan fingerprint density at radius 2 is 1.95 bits per heavy atom. The first kappa shape index (κ1) is 16.0. The van der Waals surface area contributed by atoms with Gasteiger partial charge in [-0.25, -0.2) is 13.1 Å². The summed E-state index contributed by atoms with van der Waals surface area (Å²) in [6, 6.07) is 4.32. The standard InChI is InChI=1S/C13H17Cl2NO3S/c14-10-6-5-9(11(15)7-10)8-20(18,19)16-12-3-1-2-4-13(12)17/h5-7,12-13,16-17H,1-4,8H2. The SMILES string of the molecule is O=S(=O)(Cc1ccc(Cl)cc1Cl)NC1CCCCC1O. The van der Waals surface area contributed by atoms with Crippen molar-refractivity contribution in [1.29, 1.82) is 0 Å². The smallest absolute Gasteiger partial charge is 0.216 e. The van der Waals surface area contributed by atoms with E-state index < -0.39 is 22.2 Å². The average molecular weight is 338 g/mol. The molecule has 1 aromatic rings. The molecule has 0 aromatic heterocycles. The van der Waals surface area contributed by atoms with Crippen molar-refractivity contribution in [2.24, 2.45) is 0 Å². The van der Waals surface area contributed by atoms with Crippen LogP contribution in [0, 0.1) is 0 Å². The van der Waals surface area contributed by atoms with Crippen LogP contribution in [0.5, 0.6) is 0 Å². The number of aliphatic hydroxyl groups excluding tert-OH is 1. The van der Waals surface area contributed by atoms with Crippen LogP contribution in [0.25, 0.3) is 0 Å². The molecule has 4 nitrogen and oxygen atoms in total. The minimum absolute atomic E-state index is 0.216. The monoisotopic (exact) mass is 337 g/mol. The molecule has 7 heteroatoms. The minimum Gasteiger partial charge on any atom is -0.391 e. The summed E-state index contributed by atoms with van der Waals surface area (Å²) in [6.07, 6.45) is 2.54. The Morgan fingerprint density at radius 1 is 1.25 bits per heavy atom. The summed E-state index contributed by atoms with van der Waals surface area (Å²) in [4.78, 5) is 0. The first-order valence-corrected chi connectivity index (χ1v) is 8.90. The van der Waals surface area contributed by atoms with Crippen molar-refractivity contribution in [3.8, 4) is 0 Å². The highest BCUT2D eigenvalue weighted by molar-refractivity contribution is 7.88. The molecule has 0 amide bonds. The third-order valence-electron chi connectivity index (χ3n) is 3.42. The Morgan fingerprint density at radius 3 is 2.60 bits per heavy atom. The van der Waals surface area contributed by atoms with E-state index in [9.17, 15) is 13.5 Å². The fourth-order valence-corrected chi connectivity index (χ4v) is 4.40. The lowest BCUT2D eigenvalue weighted by Gasteiger charge is -2.28. The predicted molar refractivity (Wildman–Crippen MR) is 80.5 cm³/mol. The van der Waals surface area contributed by atoms with Gasteiger partial charge in [0.05, 0.1) is 11.9 Å². The third kappa shape index (κ3) is 4.33. The van der Waals surface area contributed by atoms with Gasteiger partial charge in [-0.05, 0) is 30.5 Å². The largest absolute Gasteiger partial charge is 0.391 e. The van der Waals surface area contributed by atoms with Crippen LogP contribution < -0.4 is 4.72 Å². The molecule has 1 aromatic carbocycles. The second-order valence-electron chi connectivity index (χ2n) is 5.07. The number of benzene rings is 1. The van der Waals surface area contributed by atoms with Gasteiger partial charge in [-0.2, -0.15) is 0 Å². The van der Waals surface area contributed by atoms with E-state index in [0.29, 0.717) is 28.5 Å². The maximum absolute atomic E-state index is 12.1. The molecule has 1 aliphatic rings. The molecule has 1 aliphatic carbocycles. The molecule has 2 unspecified atom stereocenters. The Kier molecular flexibility index (Phi) is 5.31. The van der Waals surface area contributed by atoms with Gasteiger partial charge in [0.2, 0.25) is 10.0 Å². The first-order valence-electron chi connectivity index (χ1n) is 6.49. The second-order valence-corrected chi connectivity index (χ2v) is 7.67. The summed E-state index contributed by atoms with van der Waals surface area (Å²) >= 11 is 11.8. The molecule has 2 N–H and O–H groups in total. The number of nitrogens with one attached hydrogen (secondary N) is 1. The lowest BCUT2D eigenvalue weighted by Crippen LogP contribution is -2.45. The van der Waals surface area contributed by atoms with E-state index in [2.05, 4.69) is 4.72 Å². The van der Waals surface area contributed by atoms with Gasteiger partial charge < -0.3 is 5.11 Å². The van der Waals surface area contributed by atoms with Gasteiger partial charge in [-0.15, -0.1) is 0 Å². The van der Waals surface area contributed by atoms with Crippen LogP contribution in [0.2, 0.25) is 10.0 Å². The van der Waals surface area contributed by atoms with E-state index in [0.717, 1.165) is 12.8 Å². The van der Waals surface area contributed by atoms with Crippen molar-refractivity contribution in [3.05, 3.63) is 33.8 Å². The summed E-state index contributed by atoms with van der Waals surface area (Å²) in [6.45, 7) is 0. The molecule has 0 saturated heterocycles. The number of aliphatic hydroxyl groups is 1. The van der Waals surface area contributed by atoms with E-state index in [-0.39, 0.29) is 5.75 Å². The van der Waals surface area contributed by atoms with E-state index in [1.54, 1.807) is 12.1 Å². The van der Waals surface area contributed by atoms with Crippen LogP contribution in [0.1, 0.15) is 31.2 Å². The Labute approximate surface area is 129 Å². The minimum atomic E-state index is -3.54. The fourth-order valence-electron chi connectivity index (χ4n) is 2.36. The molecule has 0 spiro atoms. The van der Waals surface area contributed by atoms with Crippen LogP contribution >= 0.6 is 23.2 Å². The van der Waals surface area contributed by atoms with Gasteiger partial charge in [0.15, 0.2) is 0 Å². The molecule has 2 atom stereocenters. The number of hydrogen-bond donors (Lipinski definition) is 2. The van der Waals surface area contributed by atoms with Gasteiger partial charge >= 0.3 is 0 Å². The Bertz CT molecular complexity index is 577. The highest BCUT2D eigenvalue weighted by Crippen LogP contribution is 2.24. The zero-order chi connectivity index (χ0) is 14.8. The highest BCUT2D eigenvalue weighted by Gasteiger charge is 2.27. The Balaban J connectivity index is 2.07. The summed E-state index contributed by atoms with van der Waals surface area (Å²) in [5, 5.41) is 10.6. The molecule has 0 heterocycles. The zero-order valence-electron chi connectivity index (χ0n) is 10.9. The molecule has 1 saturated carbocycles. The van der Waals surface area contributed by atoms with Crippen molar-refractivity contribution in [2.75, 3.05) is 0 Å². The third-order valence-corrected chi connectivity index (χ3v) is 5.36. The van der Waals surface area contributed by atoms with Gasteiger partial charge in [0.1, 0.15) is 0 Å². The predicted octanol–water partition coefficient (Wildman–Crippen LogP) is 2.72. The summed E-state index contributed by atoms with van der Waals surface area (Å²) in [7, 11) is -3.54. The van der Waals surface area contributed by atoms with E-state index in [1.807, 2.05) is 0 Å². The van der Waals surface area contributed by atoms with Gasteiger partial charge in [-0.3, -0.25) is 0 Å². The molecule has 0 radical (unpaired) electrons. The summed E-state index contributed by atoms with van der Waals surface area (Å²) < 4.78 is 26.8. The van der Waals surface area contributed by atoms with Crippen LogP contribution in [0.3, 0.4) is 0 Å². The topological polar surface area (TPSA) is 66.4 Å². The zero-order valence-corrected chi connectivity index (χ0v) is 13.2. The molecule has 1 fully saturated rings. The van der Waals surface area contributed by atoms with Gasteiger partial charge in [-0.1, -0.05) is 42.1 Å². The van der Waals surface area contributed by atoms with E-state index >= 15 is 0 Å². The summed E-state index contributed by atoms with van der Waals surface area (Å²) in [5.41, 5.74) is 0.494. The lowest BCUT2D eigenvalue weighted by atomic mass is 9.93. The maximum atomic E-state index is 12.1. The van der Waals surface area contributed by atoms with Gasteiger partial charge in [0, 0.05) is 16.1 Å². The average Bonchev–Trinajstić information content (AvgIpc) is 2.35. The number of hydrogen-bond acceptors (Lipinski definition) is 3. The molecular formula is C13H17Cl2NO3S. The summed E-state index contributed by atoms with van der Waals surface area (Å²) in [5.74, 6) is -0.216. The first-order chi connectivity index (χ1) is 9.37. The Hall–Kier alpha value is -0.330. The number of sulfonamides is 1. The van der Waals surface area contributed by atoms with E-state index in [1.165, 1.54) is 6.07 Å². The second kappa shape index (κ2) is 6.62.